The van der Waals surface area contributed by atoms with Crippen molar-refractivity contribution in [3.63, 3.8) is 0 Å². The first-order valence-corrected chi connectivity index (χ1v) is 5.65. The fourth-order valence-corrected chi connectivity index (χ4v) is 1.84. The number of rotatable bonds is 3. The predicted octanol–water partition coefficient (Wildman–Crippen LogP) is 1.03. The Morgan fingerprint density at radius 2 is 2.47 bits per heavy atom. The number of hydrogen-bond acceptors (Lipinski definition) is 4. The van der Waals surface area contributed by atoms with Crippen molar-refractivity contribution in [3.8, 4) is 0 Å². The molecule has 0 radical (unpaired) electrons. The van der Waals surface area contributed by atoms with Gasteiger partial charge in [0.2, 0.25) is 0 Å². The van der Waals surface area contributed by atoms with E-state index < -0.39 is 5.82 Å². The van der Waals surface area contributed by atoms with Crippen molar-refractivity contribution < 1.29 is 13.9 Å². The van der Waals surface area contributed by atoms with Crippen molar-refractivity contribution in [2.24, 2.45) is 5.92 Å². The molecule has 92 valence electrons. The minimum Gasteiger partial charge on any atom is -0.378 e. The average Bonchev–Trinajstić information content (AvgIpc) is 2.39. The lowest BCUT2D eigenvalue weighted by Crippen LogP contribution is -2.47. The minimum absolute atomic E-state index is 0.00287. The molecule has 4 nitrogen and oxygen atoms in total. The fourth-order valence-electron chi connectivity index (χ4n) is 1.84. The Bertz CT molecular complexity index is 388. The smallest absolute Gasteiger partial charge is 0.185 e. The molecule has 0 spiro atoms. The SMILES string of the molecule is CC(C(=O)c1ccc(F)cn1)C1COCCN1. The second kappa shape index (κ2) is 5.33. The number of nitrogens with zero attached hydrogens (tertiary/aromatic N) is 1. The number of pyridine rings is 1. The zero-order valence-corrected chi connectivity index (χ0v) is 9.65. The van der Waals surface area contributed by atoms with E-state index in [4.69, 9.17) is 4.74 Å². The summed E-state index contributed by atoms with van der Waals surface area (Å²) in [5.74, 6) is -0.755. The van der Waals surface area contributed by atoms with Crippen molar-refractivity contribution >= 4 is 5.78 Å². The van der Waals surface area contributed by atoms with E-state index in [1.165, 1.54) is 12.1 Å². The number of Topliss-reactive ketones (excluding diaryl/α,β-unsaturated/α-hetero) is 1. The molecule has 1 aromatic rings. The Morgan fingerprint density at radius 1 is 1.65 bits per heavy atom. The molecule has 1 N–H and O–H groups in total. The van der Waals surface area contributed by atoms with Gasteiger partial charge in [0.25, 0.3) is 0 Å². The summed E-state index contributed by atoms with van der Waals surface area (Å²) in [4.78, 5) is 15.9. The molecule has 1 fully saturated rings. The van der Waals surface area contributed by atoms with Gasteiger partial charge in [-0.3, -0.25) is 9.78 Å². The summed E-state index contributed by atoms with van der Waals surface area (Å²) in [6, 6.07) is 2.67. The monoisotopic (exact) mass is 238 g/mol. The first kappa shape index (κ1) is 12.1. The van der Waals surface area contributed by atoms with Gasteiger partial charge >= 0.3 is 0 Å². The molecule has 1 aliphatic heterocycles. The summed E-state index contributed by atoms with van der Waals surface area (Å²) in [6.07, 6.45) is 1.06. The van der Waals surface area contributed by atoms with Crippen LogP contribution in [0.2, 0.25) is 0 Å². The number of nitrogens with one attached hydrogen (secondary N) is 1. The number of carbonyl (C=O) groups excluding carboxylic acids is 1. The van der Waals surface area contributed by atoms with E-state index in [-0.39, 0.29) is 17.7 Å². The molecule has 0 aromatic carbocycles. The van der Waals surface area contributed by atoms with E-state index in [1.54, 1.807) is 0 Å². The molecule has 1 aliphatic rings. The third-order valence-corrected chi connectivity index (χ3v) is 2.95. The van der Waals surface area contributed by atoms with Crippen molar-refractivity contribution in [3.05, 3.63) is 29.8 Å². The van der Waals surface area contributed by atoms with E-state index in [0.717, 1.165) is 12.7 Å². The number of halogens is 1. The van der Waals surface area contributed by atoms with E-state index in [2.05, 4.69) is 10.3 Å². The van der Waals surface area contributed by atoms with Gasteiger partial charge in [-0.05, 0) is 12.1 Å². The number of morpholine rings is 1. The normalized spacial score (nSPS) is 22.1. The summed E-state index contributed by atoms with van der Waals surface area (Å²) in [5, 5.41) is 3.23. The van der Waals surface area contributed by atoms with E-state index in [1.807, 2.05) is 6.92 Å². The fraction of sp³-hybridized carbons (Fsp3) is 0.500. The van der Waals surface area contributed by atoms with Crippen LogP contribution in [0.3, 0.4) is 0 Å². The molecule has 5 heteroatoms. The molecule has 2 atom stereocenters. The van der Waals surface area contributed by atoms with Crippen LogP contribution in [0, 0.1) is 11.7 Å². The van der Waals surface area contributed by atoms with Gasteiger partial charge in [-0.25, -0.2) is 4.39 Å². The van der Waals surface area contributed by atoms with Crippen LogP contribution in [-0.4, -0.2) is 36.6 Å². The Morgan fingerprint density at radius 3 is 3.06 bits per heavy atom. The summed E-state index contributed by atoms with van der Waals surface area (Å²) in [5.41, 5.74) is 0.297. The van der Waals surface area contributed by atoms with Crippen LogP contribution in [-0.2, 0) is 4.74 Å². The number of ether oxygens (including phenoxy) is 1. The first-order valence-electron chi connectivity index (χ1n) is 5.65. The quantitative estimate of drug-likeness (QED) is 0.799. The van der Waals surface area contributed by atoms with Crippen LogP contribution in [0.5, 0.6) is 0 Å². The highest BCUT2D eigenvalue weighted by molar-refractivity contribution is 5.96. The highest BCUT2D eigenvalue weighted by Gasteiger charge is 2.27. The lowest BCUT2D eigenvalue weighted by atomic mass is 9.94. The maximum atomic E-state index is 12.7. The molecule has 0 saturated carbocycles. The van der Waals surface area contributed by atoms with Crippen molar-refractivity contribution in [2.75, 3.05) is 19.8 Å². The molecule has 2 heterocycles. The highest BCUT2D eigenvalue weighted by Crippen LogP contribution is 2.13. The van der Waals surface area contributed by atoms with Crippen LogP contribution >= 0.6 is 0 Å². The number of carbonyl (C=O) groups is 1. The second-order valence-electron chi connectivity index (χ2n) is 4.15. The predicted molar refractivity (Wildman–Crippen MR) is 60.3 cm³/mol. The summed E-state index contributed by atoms with van der Waals surface area (Å²) in [7, 11) is 0. The summed E-state index contributed by atoms with van der Waals surface area (Å²) >= 11 is 0. The average molecular weight is 238 g/mol. The topological polar surface area (TPSA) is 51.2 Å². The Kier molecular flexibility index (Phi) is 3.81. The molecule has 0 amide bonds. The van der Waals surface area contributed by atoms with Crippen molar-refractivity contribution in [1.29, 1.82) is 0 Å². The number of aromatic nitrogens is 1. The lowest BCUT2D eigenvalue weighted by Gasteiger charge is -2.28. The third kappa shape index (κ3) is 2.87. The Hall–Kier alpha value is -1.33. The van der Waals surface area contributed by atoms with Crippen LogP contribution in [0.1, 0.15) is 17.4 Å². The van der Waals surface area contributed by atoms with Gasteiger partial charge in [0.1, 0.15) is 11.5 Å². The molecular weight excluding hydrogens is 223 g/mol. The molecule has 1 saturated heterocycles. The first-order chi connectivity index (χ1) is 8.18. The van der Waals surface area contributed by atoms with E-state index in [9.17, 15) is 9.18 Å². The molecule has 0 aliphatic carbocycles. The molecule has 17 heavy (non-hydrogen) atoms. The van der Waals surface area contributed by atoms with Gasteiger partial charge in [0.05, 0.1) is 19.4 Å². The molecule has 2 unspecified atom stereocenters. The standard InChI is InChI=1S/C12H15FN2O2/c1-8(11-7-17-5-4-14-11)12(16)10-3-2-9(13)6-15-10/h2-3,6,8,11,14H,4-5,7H2,1H3. The lowest BCUT2D eigenvalue weighted by molar-refractivity contribution is 0.0529. The maximum Gasteiger partial charge on any atom is 0.185 e. The van der Waals surface area contributed by atoms with Gasteiger partial charge < -0.3 is 10.1 Å². The van der Waals surface area contributed by atoms with Gasteiger partial charge in [0.15, 0.2) is 5.78 Å². The zero-order chi connectivity index (χ0) is 12.3. The van der Waals surface area contributed by atoms with Crippen LogP contribution < -0.4 is 5.32 Å². The van der Waals surface area contributed by atoms with Crippen molar-refractivity contribution in [2.45, 2.75) is 13.0 Å². The van der Waals surface area contributed by atoms with Crippen LogP contribution in [0.25, 0.3) is 0 Å². The minimum atomic E-state index is -0.437. The molecule has 1 aromatic heterocycles. The zero-order valence-electron chi connectivity index (χ0n) is 9.65. The van der Waals surface area contributed by atoms with Gasteiger partial charge in [-0.1, -0.05) is 6.92 Å². The van der Waals surface area contributed by atoms with E-state index in [0.29, 0.717) is 18.9 Å². The number of hydrogen-bond donors (Lipinski definition) is 1. The second-order valence-corrected chi connectivity index (χ2v) is 4.15. The maximum absolute atomic E-state index is 12.7. The Balaban J connectivity index is 2.05. The van der Waals surface area contributed by atoms with Gasteiger partial charge in [0, 0.05) is 18.5 Å². The molecule has 2 rings (SSSR count). The highest BCUT2D eigenvalue weighted by atomic mass is 19.1. The van der Waals surface area contributed by atoms with Gasteiger partial charge in [-0.2, -0.15) is 0 Å². The summed E-state index contributed by atoms with van der Waals surface area (Å²) < 4.78 is 18.0. The summed E-state index contributed by atoms with van der Waals surface area (Å²) in [6.45, 7) is 3.78. The van der Waals surface area contributed by atoms with Crippen molar-refractivity contribution in [1.82, 2.24) is 10.3 Å². The molecule has 0 bridgehead atoms. The third-order valence-electron chi connectivity index (χ3n) is 2.95. The largest absolute Gasteiger partial charge is 0.378 e. The van der Waals surface area contributed by atoms with E-state index >= 15 is 0 Å². The Labute approximate surface area is 99.2 Å². The van der Waals surface area contributed by atoms with Crippen LogP contribution in [0.4, 0.5) is 4.39 Å². The number of ketones is 1. The molecular formula is C12H15FN2O2. The van der Waals surface area contributed by atoms with Crippen LogP contribution in [0.15, 0.2) is 18.3 Å². The van der Waals surface area contributed by atoms with Gasteiger partial charge in [-0.15, -0.1) is 0 Å².